The average molecular weight is 285 g/mol. The zero-order valence-corrected chi connectivity index (χ0v) is 13.0. The number of aryl methyl sites for hydroxylation is 1. The fraction of sp³-hybridized carbons (Fsp3) is 0.412. The second-order valence-corrected chi connectivity index (χ2v) is 6.43. The summed E-state index contributed by atoms with van der Waals surface area (Å²) in [5.41, 5.74) is 8.41. The van der Waals surface area contributed by atoms with Crippen molar-refractivity contribution in [2.75, 3.05) is 5.73 Å². The molecule has 1 aromatic heterocycles. The number of aromatic nitrogens is 2. The molecule has 1 aromatic carbocycles. The van der Waals surface area contributed by atoms with Gasteiger partial charge in [0.05, 0.1) is 0 Å². The molecule has 1 heterocycles. The largest absolute Gasteiger partial charge is 0.459 e. The van der Waals surface area contributed by atoms with Gasteiger partial charge in [0.15, 0.2) is 0 Å². The van der Waals surface area contributed by atoms with E-state index in [9.17, 15) is 0 Å². The highest BCUT2D eigenvalue weighted by Gasteiger charge is 2.09. The monoisotopic (exact) mass is 285 g/mol. The maximum absolute atomic E-state index is 5.58. The lowest BCUT2D eigenvalue weighted by molar-refractivity contribution is 0.281. The van der Waals surface area contributed by atoms with Crippen LogP contribution in [0.4, 0.5) is 5.82 Å². The molecule has 4 heteroatoms. The summed E-state index contributed by atoms with van der Waals surface area (Å²) in [7, 11) is 0. The summed E-state index contributed by atoms with van der Waals surface area (Å²) in [5, 5.41) is 0. The van der Waals surface area contributed by atoms with Crippen LogP contribution in [-0.4, -0.2) is 9.97 Å². The molecule has 2 N–H and O–H groups in total. The van der Waals surface area contributed by atoms with Crippen molar-refractivity contribution in [3.05, 3.63) is 47.7 Å². The Balaban J connectivity index is 1.87. The van der Waals surface area contributed by atoms with Crippen molar-refractivity contribution in [3.63, 3.8) is 0 Å². The van der Waals surface area contributed by atoms with E-state index in [1.807, 2.05) is 0 Å². The highest BCUT2D eigenvalue weighted by Crippen LogP contribution is 2.21. The second kappa shape index (κ2) is 6.57. The Kier molecular flexibility index (Phi) is 4.78. The Morgan fingerprint density at radius 2 is 1.71 bits per heavy atom. The normalized spacial score (nSPS) is 11.4. The second-order valence-electron chi connectivity index (χ2n) is 6.43. The Morgan fingerprint density at radius 1 is 1.05 bits per heavy atom. The quantitative estimate of drug-likeness (QED) is 0.911. The fourth-order valence-electron chi connectivity index (χ4n) is 1.89. The van der Waals surface area contributed by atoms with Crippen LogP contribution >= 0.6 is 0 Å². The predicted molar refractivity (Wildman–Crippen MR) is 85.0 cm³/mol. The van der Waals surface area contributed by atoms with Crippen LogP contribution < -0.4 is 10.5 Å². The number of hydrogen-bond donors (Lipinski definition) is 1. The SMILES string of the molecule is CC(C)(C)CCc1ccc(COc2nccc(N)n2)cc1. The van der Waals surface area contributed by atoms with Gasteiger partial charge in [0.1, 0.15) is 12.4 Å². The first-order valence-corrected chi connectivity index (χ1v) is 7.21. The number of anilines is 1. The molecule has 0 aliphatic carbocycles. The molecule has 0 saturated carbocycles. The number of benzene rings is 1. The van der Waals surface area contributed by atoms with E-state index < -0.39 is 0 Å². The molecule has 0 aliphatic heterocycles. The van der Waals surface area contributed by atoms with Gasteiger partial charge < -0.3 is 10.5 Å². The first-order chi connectivity index (χ1) is 9.92. The minimum absolute atomic E-state index is 0.312. The number of ether oxygens (including phenoxy) is 1. The molecule has 2 aromatic rings. The fourth-order valence-corrected chi connectivity index (χ4v) is 1.89. The smallest absolute Gasteiger partial charge is 0.318 e. The maximum Gasteiger partial charge on any atom is 0.318 e. The van der Waals surface area contributed by atoms with Crippen molar-refractivity contribution < 1.29 is 4.74 Å². The van der Waals surface area contributed by atoms with Gasteiger partial charge in [-0.15, -0.1) is 0 Å². The molecule has 0 spiro atoms. The number of nitrogen functional groups attached to an aromatic ring is 1. The van der Waals surface area contributed by atoms with Gasteiger partial charge in [-0.3, -0.25) is 0 Å². The molecular weight excluding hydrogens is 262 g/mol. The van der Waals surface area contributed by atoms with Crippen molar-refractivity contribution in [2.24, 2.45) is 5.41 Å². The molecule has 0 bridgehead atoms. The summed E-state index contributed by atoms with van der Waals surface area (Å²) >= 11 is 0. The van der Waals surface area contributed by atoms with E-state index in [0.29, 0.717) is 23.9 Å². The van der Waals surface area contributed by atoms with Crippen LogP contribution in [0.1, 0.15) is 38.3 Å². The summed E-state index contributed by atoms with van der Waals surface area (Å²) in [4.78, 5) is 8.02. The lowest BCUT2D eigenvalue weighted by atomic mass is 9.88. The van der Waals surface area contributed by atoms with E-state index in [4.69, 9.17) is 10.5 Å². The minimum Gasteiger partial charge on any atom is -0.459 e. The Labute approximate surface area is 126 Å². The topological polar surface area (TPSA) is 61.0 Å². The van der Waals surface area contributed by atoms with Crippen LogP contribution in [0.3, 0.4) is 0 Å². The van der Waals surface area contributed by atoms with Crippen molar-refractivity contribution in [2.45, 2.75) is 40.2 Å². The van der Waals surface area contributed by atoms with Crippen LogP contribution in [0.2, 0.25) is 0 Å². The van der Waals surface area contributed by atoms with Crippen molar-refractivity contribution in [1.29, 1.82) is 0 Å². The van der Waals surface area contributed by atoms with E-state index in [2.05, 4.69) is 55.0 Å². The summed E-state index contributed by atoms with van der Waals surface area (Å²) < 4.78 is 5.52. The van der Waals surface area contributed by atoms with Crippen LogP contribution in [0.15, 0.2) is 36.5 Å². The van der Waals surface area contributed by atoms with E-state index in [1.165, 1.54) is 12.0 Å². The van der Waals surface area contributed by atoms with Gasteiger partial charge in [-0.25, -0.2) is 4.98 Å². The first-order valence-electron chi connectivity index (χ1n) is 7.21. The van der Waals surface area contributed by atoms with Crippen LogP contribution in [0.5, 0.6) is 6.01 Å². The van der Waals surface area contributed by atoms with Gasteiger partial charge in [-0.2, -0.15) is 4.98 Å². The van der Waals surface area contributed by atoms with E-state index >= 15 is 0 Å². The molecule has 2 rings (SSSR count). The third-order valence-electron chi connectivity index (χ3n) is 3.21. The molecule has 0 radical (unpaired) electrons. The third kappa shape index (κ3) is 5.42. The summed E-state index contributed by atoms with van der Waals surface area (Å²) in [6.45, 7) is 7.24. The number of rotatable bonds is 5. The molecule has 0 unspecified atom stereocenters. The minimum atomic E-state index is 0.312. The predicted octanol–water partition coefficient (Wildman–Crippen LogP) is 3.62. The molecule has 0 amide bonds. The van der Waals surface area contributed by atoms with E-state index in [0.717, 1.165) is 12.0 Å². The van der Waals surface area contributed by atoms with Crippen molar-refractivity contribution in [1.82, 2.24) is 9.97 Å². The summed E-state index contributed by atoms with van der Waals surface area (Å²) in [6, 6.07) is 10.4. The zero-order valence-electron chi connectivity index (χ0n) is 13.0. The number of nitrogens with two attached hydrogens (primary N) is 1. The summed E-state index contributed by atoms with van der Waals surface area (Å²) in [6.07, 6.45) is 3.87. The van der Waals surface area contributed by atoms with Gasteiger partial charge >= 0.3 is 6.01 Å². The molecule has 0 fully saturated rings. The lowest BCUT2D eigenvalue weighted by Crippen LogP contribution is -2.06. The molecule has 4 nitrogen and oxygen atoms in total. The Hall–Kier alpha value is -2.10. The van der Waals surface area contributed by atoms with Gasteiger partial charge in [0.2, 0.25) is 0 Å². The first kappa shape index (κ1) is 15.3. The van der Waals surface area contributed by atoms with Gasteiger partial charge in [-0.1, -0.05) is 45.0 Å². The lowest BCUT2D eigenvalue weighted by Gasteiger charge is -2.17. The molecule has 0 aliphatic rings. The summed E-state index contributed by atoms with van der Waals surface area (Å²) in [5.74, 6) is 0.414. The highest BCUT2D eigenvalue weighted by atomic mass is 16.5. The van der Waals surface area contributed by atoms with Crippen LogP contribution in [0.25, 0.3) is 0 Å². The van der Waals surface area contributed by atoms with Gasteiger partial charge in [-0.05, 0) is 35.4 Å². The van der Waals surface area contributed by atoms with Crippen LogP contribution in [0, 0.1) is 5.41 Å². The van der Waals surface area contributed by atoms with Crippen LogP contribution in [-0.2, 0) is 13.0 Å². The van der Waals surface area contributed by atoms with Crippen molar-refractivity contribution >= 4 is 5.82 Å². The molecule has 0 atom stereocenters. The van der Waals surface area contributed by atoms with Gasteiger partial charge in [0, 0.05) is 6.20 Å². The van der Waals surface area contributed by atoms with Gasteiger partial charge in [0.25, 0.3) is 0 Å². The average Bonchev–Trinajstić information content (AvgIpc) is 2.43. The third-order valence-corrected chi connectivity index (χ3v) is 3.21. The molecule has 21 heavy (non-hydrogen) atoms. The van der Waals surface area contributed by atoms with Crippen molar-refractivity contribution in [3.8, 4) is 6.01 Å². The van der Waals surface area contributed by atoms with E-state index in [1.54, 1.807) is 12.3 Å². The Morgan fingerprint density at radius 3 is 2.33 bits per heavy atom. The molecular formula is C17H23N3O. The maximum atomic E-state index is 5.58. The Bertz CT molecular complexity index is 573. The molecule has 112 valence electrons. The molecule has 0 saturated heterocycles. The van der Waals surface area contributed by atoms with E-state index in [-0.39, 0.29) is 0 Å². The number of hydrogen-bond acceptors (Lipinski definition) is 4. The highest BCUT2D eigenvalue weighted by molar-refractivity contribution is 5.27. The number of nitrogens with zero attached hydrogens (tertiary/aromatic N) is 2. The zero-order chi connectivity index (χ0) is 15.3. The standard InChI is InChI=1S/C17H23N3O/c1-17(2,3)10-8-13-4-6-14(7-5-13)12-21-16-19-11-9-15(18)20-16/h4-7,9,11H,8,10,12H2,1-3H3,(H2,18,19,20).